The summed E-state index contributed by atoms with van der Waals surface area (Å²) < 4.78 is 46.7. The zero-order chi connectivity index (χ0) is 63.9. The molecule has 0 saturated carbocycles. The molecule has 0 spiro atoms. The zero-order valence-corrected chi connectivity index (χ0v) is 52.2. The van der Waals surface area contributed by atoms with E-state index in [0.29, 0.717) is 23.6 Å². The summed E-state index contributed by atoms with van der Waals surface area (Å²) in [5, 5.41) is 24.1. The number of hydrazone groups is 1. The van der Waals surface area contributed by atoms with E-state index in [9.17, 15) is 38.7 Å². The first-order valence-electron chi connectivity index (χ1n) is 29.2. The number of benzene rings is 3. The Morgan fingerprint density at radius 2 is 1.56 bits per heavy atom. The number of ether oxygens (including phenoxy) is 8. The molecule has 2 saturated heterocycles. The number of allylic oxidation sites excluding steroid dienone is 3. The van der Waals surface area contributed by atoms with E-state index < -0.39 is 95.6 Å². The lowest BCUT2D eigenvalue weighted by atomic mass is 9.78. The quantitative estimate of drug-likeness (QED) is 0.0140. The summed E-state index contributed by atoms with van der Waals surface area (Å²) >= 11 is 6.86. The second-order valence-electron chi connectivity index (χ2n) is 22.6. The lowest BCUT2D eigenvalue weighted by molar-refractivity contribution is -0.174. The van der Waals surface area contributed by atoms with Gasteiger partial charge in [-0.1, -0.05) is 90.6 Å². The van der Waals surface area contributed by atoms with Crippen molar-refractivity contribution in [3.05, 3.63) is 117 Å². The van der Waals surface area contributed by atoms with Crippen molar-refractivity contribution in [2.75, 3.05) is 72.7 Å². The van der Waals surface area contributed by atoms with Gasteiger partial charge in [0.25, 0.3) is 0 Å². The number of anilines is 1. The highest BCUT2D eigenvalue weighted by Crippen LogP contribution is 2.54. The fourth-order valence-corrected chi connectivity index (χ4v) is 10.9. The van der Waals surface area contributed by atoms with Crippen molar-refractivity contribution in [1.82, 2.24) is 26.3 Å². The molecule has 3 aliphatic heterocycles. The molecule has 3 aromatic carbocycles. The van der Waals surface area contributed by atoms with Gasteiger partial charge in [-0.05, 0) is 77.3 Å². The van der Waals surface area contributed by atoms with Crippen LogP contribution in [-0.4, -0.2) is 167 Å². The normalized spacial score (nSPS) is 24.7. The highest BCUT2D eigenvalue weighted by Gasteiger charge is 2.70. The number of hydrogen-bond donors (Lipinski definition) is 5. The van der Waals surface area contributed by atoms with Gasteiger partial charge < -0.3 is 63.4 Å². The Labute approximate surface area is 518 Å². The van der Waals surface area contributed by atoms with Gasteiger partial charge in [-0.2, -0.15) is 5.10 Å². The molecule has 24 heteroatoms. The Morgan fingerprint density at radius 3 is 2.20 bits per heavy atom. The number of fused-ring (bicyclic) bond motifs is 7. The van der Waals surface area contributed by atoms with Crippen LogP contribution in [0.4, 0.5) is 15.3 Å². The molecule has 2 fully saturated rings. The lowest BCUT2D eigenvalue weighted by Crippen LogP contribution is -2.63. The molecule has 7 rings (SSSR count). The number of carbonyl (C=O) groups is 7. The van der Waals surface area contributed by atoms with Gasteiger partial charge >= 0.3 is 18.2 Å². The summed E-state index contributed by atoms with van der Waals surface area (Å²) in [4.78, 5) is 96.0. The largest absolute Gasteiger partial charge is 0.495 e. The van der Waals surface area contributed by atoms with Crippen molar-refractivity contribution >= 4 is 64.8 Å². The minimum atomic E-state index is -1.90. The van der Waals surface area contributed by atoms with E-state index >= 15 is 0 Å². The molecule has 0 unspecified atom stereocenters. The van der Waals surface area contributed by atoms with Crippen molar-refractivity contribution in [2.45, 2.75) is 134 Å². The molecule has 3 aromatic rings. The van der Waals surface area contributed by atoms with Crippen LogP contribution in [0.3, 0.4) is 0 Å². The van der Waals surface area contributed by atoms with Gasteiger partial charge in [0.2, 0.25) is 23.6 Å². The summed E-state index contributed by atoms with van der Waals surface area (Å²) in [5.41, 5.74) is 2.98. The van der Waals surface area contributed by atoms with Crippen molar-refractivity contribution in [2.24, 2.45) is 11.0 Å². The van der Waals surface area contributed by atoms with Gasteiger partial charge in [0.15, 0.2) is 11.8 Å². The van der Waals surface area contributed by atoms with Crippen LogP contribution in [0.5, 0.6) is 5.75 Å². The molecular formula is C64H80ClN7O16. The number of rotatable bonds is 22. The maximum absolute atomic E-state index is 14.6. The molecule has 3 heterocycles. The van der Waals surface area contributed by atoms with Crippen LogP contribution in [-0.2, 0) is 63.6 Å². The number of nitrogens with zero attached hydrogens (tertiary/aromatic N) is 3. The van der Waals surface area contributed by atoms with Gasteiger partial charge in [-0.3, -0.25) is 24.5 Å². The van der Waals surface area contributed by atoms with Gasteiger partial charge in [-0.15, -0.1) is 0 Å². The molecule has 6 amide bonds. The molecule has 4 aliphatic rings. The highest BCUT2D eigenvalue weighted by atomic mass is 35.5. The topological polar surface area (TPSA) is 284 Å². The summed E-state index contributed by atoms with van der Waals surface area (Å²) in [5.74, 6) is 3.32. The number of amides is 6. The molecule has 5 N–H and O–H groups in total. The molecule has 0 radical (unpaired) electrons. The minimum absolute atomic E-state index is 0.104. The van der Waals surface area contributed by atoms with Gasteiger partial charge in [0.1, 0.15) is 40.2 Å². The summed E-state index contributed by atoms with van der Waals surface area (Å²) in [6, 6.07) is 17.5. The Bertz CT molecular complexity index is 3180. The predicted octanol–water partition coefficient (Wildman–Crippen LogP) is 6.34. The Morgan fingerprint density at radius 1 is 0.920 bits per heavy atom. The molecule has 88 heavy (non-hydrogen) atoms. The van der Waals surface area contributed by atoms with Gasteiger partial charge in [0.05, 0.1) is 51.7 Å². The predicted molar refractivity (Wildman–Crippen MR) is 325 cm³/mol. The van der Waals surface area contributed by atoms with Crippen LogP contribution >= 0.6 is 11.6 Å². The van der Waals surface area contributed by atoms with Crippen molar-refractivity contribution < 1.29 is 76.6 Å². The molecule has 1 aliphatic carbocycles. The minimum Gasteiger partial charge on any atom is -0.495 e. The number of alkyl carbamates (subject to hydrolysis) is 2. The number of aliphatic hydroxyl groups is 1. The monoisotopic (exact) mass is 1240 g/mol. The fraction of sp³-hybridized carbons (Fsp3) is 0.500. The van der Waals surface area contributed by atoms with E-state index in [1.807, 2.05) is 61.5 Å². The molecule has 0 aromatic heterocycles. The number of epoxide rings is 1. The third kappa shape index (κ3) is 17.1. The van der Waals surface area contributed by atoms with Crippen LogP contribution < -0.4 is 31.0 Å². The molecule has 474 valence electrons. The van der Waals surface area contributed by atoms with E-state index in [4.69, 9.17) is 49.5 Å². The fourth-order valence-electron chi connectivity index (χ4n) is 10.6. The standard InChI is InChI=1S/C64H80ClN7O16/c1-39-16-15-21-51(82-10)64(80)37-50(85-61(79)68-64)41(3)58-63(6,87-58)62(5,38-55(76)72(8)48-35-43(34-39)36-49(81-9)56(48)65)88-59(77)42(4)71(7)54(75)27-22-40(2)69-70-53(74)26-25-52(73)66-28-30-83-32-33-84-31-29-67-60(78)86-57-46-19-13-11-17-44(46)23-24-45-18-12-14-20-47(45)57/h11-21,35-36,41-42,50-51,57-58,80H,22,25-34,37-38H2,1-10H3,(H,66,73)(H,67,78)(H,68,79)(H,70,74)/b21-15+,39-16+,69-40+/t41-,42-,50+,51-,58+,62+,63-,64+/m1/s1. The highest BCUT2D eigenvalue weighted by molar-refractivity contribution is 6.35. The number of likely N-dealkylation sites (N-methyl/N-ethyl adjacent to an activating group) is 1. The first-order chi connectivity index (χ1) is 41.9. The Hall–Kier alpha value is -7.85. The number of methoxy groups -OCH3 is 2. The van der Waals surface area contributed by atoms with Crippen LogP contribution in [0.2, 0.25) is 5.02 Å². The van der Waals surface area contributed by atoms with Gasteiger partial charge in [-0.25, -0.2) is 19.8 Å². The third-order valence-corrected chi connectivity index (χ3v) is 16.6. The van der Waals surface area contributed by atoms with E-state index in [0.717, 1.165) is 33.4 Å². The maximum atomic E-state index is 14.6. The second-order valence-corrected chi connectivity index (χ2v) is 23.0. The van der Waals surface area contributed by atoms with Gasteiger partial charge in [0, 0.05) is 93.9 Å². The van der Waals surface area contributed by atoms with E-state index in [2.05, 4.69) is 38.3 Å². The summed E-state index contributed by atoms with van der Waals surface area (Å²) in [7, 11) is 5.86. The molecule has 23 nitrogen and oxygen atoms in total. The second kappa shape index (κ2) is 30.4. The van der Waals surface area contributed by atoms with Crippen LogP contribution in [0, 0.1) is 17.8 Å². The zero-order valence-electron chi connectivity index (χ0n) is 51.5. The number of esters is 1. The van der Waals surface area contributed by atoms with Crippen LogP contribution in [0.15, 0.2) is 89.6 Å². The van der Waals surface area contributed by atoms with Crippen LogP contribution in [0.1, 0.15) is 114 Å². The molecular weight excluding hydrogens is 1160 g/mol. The lowest BCUT2D eigenvalue weighted by Gasteiger charge is -2.42. The Kier molecular flexibility index (Phi) is 23.4. The van der Waals surface area contributed by atoms with Crippen molar-refractivity contribution in [3.8, 4) is 17.6 Å². The van der Waals surface area contributed by atoms with E-state index in [-0.39, 0.29) is 82.6 Å². The van der Waals surface area contributed by atoms with Crippen molar-refractivity contribution in [3.63, 3.8) is 0 Å². The van der Waals surface area contributed by atoms with E-state index in [1.165, 1.54) is 38.0 Å². The average molecular weight is 1240 g/mol. The first kappa shape index (κ1) is 67.7. The molecule has 4 bridgehead atoms. The SMILES string of the molecule is COc1cc2cc(c1Cl)N(C)C(=O)C[C@](C)(OC(=O)[C@@H](C)N(C)C(=O)CC/C(C)=N/NC(=O)CCC(=O)NCCOCCOCCNC(=O)OC1c3ccccc3C#Cc3ccccc31)[C@]1(C)O[C@H]1[C@H](C)[C@@H]1C[C@@](O)(NC(=O)O1)[C@H](OC)/C=C/C=C(\C)C2. The number of hydrogen-bond acceptors (Lipinski definition) is 17. The maximum Gasteiger partial charge on any atom is 0.409 e. The smallest absolute Gasteiger partial charge is 0.409 e. The van der Waals surface area contributed by atoms with Crippen LogP contribution in [0.25, 0.3) is 0 Å². The first-order valence-corrected chi connectivity index (χ1v) is 29.5. The molecule has 8 atom stereocenters. The van der Waals surface area contributed by atoms with E-state index in [1.54, 1.807) is 59.0 Å². The number of halogens is 1. The number of carbonyl (C=O) groups excluding carboxylic acids is 7. The average Bonchev–Trinajstić information content (AvgIpc) is 2.16. The summed E-state index contributed by atoms with van der Waals surface area (Å²) in [6.45, 7) is 11.3. The third-order valence-electron chi connectivity index (χ3n) is 16.3. The Balaban J connectivity index is 0.841. The number of nitrogens with one attached hydrogen (secondary N) is 4. The van der Waals surface area contributed by atoms with Crippen molar-refractivity contribution in [1.29, 1.82) is 0 Å². The summed E-state index contributed by atoms with van der Waals surface area (Å²) in [6.07, 6.45) is -0.0355.